The molecule has 1 aromatic heterocycles. The topological polar surface area (TPSA) is 42.7 Å². The molecule has 0 aliphatic heterocycles. The highest BCUT2D eigenvalue weighted by atomic mass is 79.9. The van der Waals surface area contributed by atoms with Crippen LogP contribution in [0.15, 0.2) is 27.3 Å². The Labute approximate surface area is 136 Å². The van der Waals surface area contributed by atoms with E-state index in [-0.39, 0.29) is 0 Å². The number of rotatable bonds is 3. The Morgan fingerprint density at radius 2 is 1.95 bits per heavy atom. The SMILES string of the molecule is CNC(c1cc(C(F)(F)F)ccc1Br)c1c(Br)nnn1C. The van der Waals surface area contributed by atoms with E-state index in [1.807, 2.05) is 0 Å². The molecule has 1 unspecified atom stereocenters. The summed E-state index contributed by atoms with van der Waals surface area (Å²) in [5.41, 5.74) is 0.392. The van der Waals surface area contributed by atoms with Crippen LogP contribution in [0.4, 0.5) is 13.2 Å². The molecule has 0 saturated heterocycles. The van der Waals surface area contributed by atoms with Gasteiger partial charge in [0.25, 0.3) is 0 Å². The predicted octanol–water partition coefficient (Wildman–Crippen LogP) is 3.67. The Balaban J connectivity index is 2.58. The van der Waals surface area contributed by atoms with E-state index in [0.717, 1.165) is 12.1 Å². The lowest BCUT2D eigenvalue weighted by Gasteiger charge is -2.20. The van der Waals surface area contributed by atoms with E-state index < -0.39 is 17.8 Å². The predicted molar refractivity (Wildman–Crippen MR) is 78.7 cm³/mol. The third kappa shape index (κ3) is 3.29. The Bertz CT molecular complexity index is 635. The molecule has 114 valence electrons. The molecule has 0 amide bonds. The summed E-state index contributed by atoms with van der Waals surface area (Å²) >= 11 is 6.57. The molecule has 0 radical (unpaired) electrons. The number of nitrogens with one attached hydrogen (secondary N) is 1. The number of hydrogen-bond donors (Lipinski definition) is 1. The van der Waals surface area contributed by atoms with Gasteiger partial charge in [-0.1, -0.05) is 21.1 Å². The minimum atomic E-state index is -4.39. The van der Waals surface area contributed by atoms with E-state index in [1.165, 1.54) is 10.7 Å². The van der Waals surface area contributed by atoms with Gasteiger partial charge in [0, 0.05) is 11.5 Å². The summed E-state index contributed by atoms with van der Waals surface area (Å²) in [5.74, 6) is 0. The monoisotopic (exact) mass is 426 g/mol. The quantitative estimate of drug-likeness (QED) is 0.812. The standard InChI is InChI=1S/C12H11Br2F3N4/c1-18-9(10-11(14)19-20-21(10)2)7-5-6(12(15,16)17)3-4-8(7)13/h3-5,9,18H,1-2H3. The molecule has 0 spiro atoms. The zero-order chi connectivity index (χ0) is 15.8. The third-order valence-corrected chi connectivity index (χ3v) is 4.31. The highest BCUT2D eigenvalue weighted by molar-refractivity contribution is 9.10. The molecule has 2 aromatic rings. The van der Waals surface area contributed by atoms with Gasteiger partial charge in [0.1, 0.15) is 0 Å². The number of aromatic nitrogens is 3. The summed E-state index contributed by atoms with van der Waals surface area (Å²) in [6.07, 6.45) is -4.39. The number of hydrogen-bond acceptors (Lipinski definition) is 3. The van der Waals surface area contributed by atoms with E-state index in [2.05, 4.69) is 47.5 Å². The summed E-state index contributed by atoms with van der Waals surface area (Å²) in [5, 5.41) is 10.7. The number of benzene rings is 1. The molecule has 0 aliphatic rings. The first kappa shape index (κ1) is 16.4. The van der Waals surface area contributed by atoms with E-state index in [9.17, 15) is 13.2 Å². The fourth-order valence-electron chi connectivity index (χ4n) is 2.03. The van der Waals surface area contributed by atoms with Gasteiger partial charge in [-0.2, -0.15) is 13.2 Å². The maximum absolute atomic E-state index is 12.9. The number of alkyl halides is 3. The second-order valence-corrected chi connectivity index (χ2v) is 5.95. The summed E-state index contributed by atoms with van der Waals surface area (Å²) in [6, 6.07) is 3.05. The van der Waals surface area contributed by atoms with Gasteiger partial charge in [-0.05, 0) is 46.7 Å². The molecule has 4 nitrogen and oxygen atoms in total. The molecule has 0 fully saturated rings. The van der Waals surface area contributed by atoms with Crippen molar-refractivity contribution < 1.29 is 13.2 Å². The summed E-state index contributed by atoms with van der Waals surface area (Å²) in [4.78, 5) is 0. The molecule has 0 bridgehead atoms. The van der Waals surface area contributed by atoms with Crippen molar-refractivity contribution in [3.63, 3.8) is 0 Å². The lowest BCUT2D eigenvalue weighted by atomic mass is 10.0. The van der Waals surface area contributed by atoms with E-state index in [4.69, 9.17) is 0 Å². The highest BCUT2D eigenvalue weighted by Gasteiger charge is 2.32. The van der Waals surface area contributed by atoms with Crippen molar-refractivity contribution in [3.05, 3.63) is 44.1 Å². The van der Waals surface area contributed by atoms with Crippen molar-refractivity contribution in [2.45, 2.75) is 12.2 Å². The first-order valence-electron chi connectivity index (χ1n) is 5.84. The van der Waals surface area contributed by atoms with Crippen molar-refractivity contribution in [2.24, 2.45) is 7.05 Å². The minimum absolute atomic E-state index is 0.457. The number of nitrogens with zero attached hydrogens (tertiary/aromatic N) is 3. The zero-order valence-electron chi connectivity index (χ0n) is 11.0. The van der Waals surface area contributed by atoms with Crippen molar-refractivity contribution in [2.75, 3.05) is 7.05 Å². The Morgan fingerprint density at radius 1 is 1.29 bits per heavy atom. The summed E-state index contributed by atoms with van der Waals surface area (Å²) in [7, 11) is 3.34. The molecule has 1 atom stereocenters. The molecule has 2 rings (SSSR count). The summed E-state index contributed by atoms with van der Waals surface area (Å²) in [6.45, 7) is 0. The molecular weight excluding hydrogens is 417 g/mol. The normalized spacial score (nSPS) is 13.5. The van der Waals surface area contributed by atoms with Crippen molar-refractivity contribution in [3.8, 4) is 0 Å². The van der Waals surface area contributed by atoms with E-state index in [0.29, 0.717) is 20.3 Å². The molecule has 0 saturated carbocycles. The first-order chi connectivity index (χ1) is 9.75. The van der Waals surface area contributed by atoms with Gasteiger partial charge in [0.2, 0.25) is 0 Å². The minimum Gasteiger partial charge on any atom is -0.308 e. The first-order valence-corrected chi connectivity index (χ1v) is 7.43. The van der Waals surface area contributed by atoms with Crippen LogP contribution in [0, 0.1) is 0 Å². The fraction of sp³-hybridized carbons (Fsp3) is 0.333. The largest absolute Gasteiger partial charge is 0.416 e. The molecular formula is C12H11Br2F3N4. The van der Waals surface area contributed by atoms with Gasteiger partial charge in [0.05, 0.1) is 17.3 Å². The van der Waals surface area contributed by atoms with E-state index in [1.54, 1.807) is 14.1 Å². The number of aryl methyl sites for hydroxylation is 1. The Morgan fingerprint density at radius 3 is 2.43 bits per heavy atom. The molecule has 0 aliphatic carbocycles. The highest BCUT2D eigenvalue weighted by Crippen LogP contribution is 2.36. The third-order valence-electron chi connectivity index (χ3n) is 3.02. The van der Waals surface area contributed by atoms with Crippen LogP contribution < -0.4 is 5.32 Å². The van der Waals surface area contributed by atoms with Gasteiger partial charge in [-0.25, -0.2) is 4.68 Å². The van der Waals surface area contributed by atoms with Crippen molar-refractivity contribution >= 4 is 31.9 Å². The van der Waals surface area contributed by atoms with Gasteiger partial charge in [-0.15, -0.1) is 5.10 Å². The maximum Gasteiger partial charge on any atom is 0.416 e. The van der Waals surface area contributed by atoms with Crippen LogP contribution in [0.5, 0.6) is 0 Å². The molecule has 1 N–H and O–H groups in total. The van der Waals surface area contributed by atoms with Gasteiger partial charge < -0.3 is 5.32 Å². The molecule has 1 heterocycles. The Hall–Kier alpha value is -0.930. The van der Waals surface area contributed by atoms with Crippen molar-refractivity contribution in [1.29, 1.82) is 0 Å². The second-order valence-electron chi connectivity index (χ2n) is 4.34. The average molecular weight is 428 g/mol. The summed E-state index contributed by atoms with van der Waals surface area (Å²) < 4.78 is 41.2. The second kappa shape index (κ2) is 6.05. The van der Waals surface area contributed by atoms with Gasteiger partial charge >= 0.3 is 6.18 Å². The van der Waals surface area contributed by atoms with Crippen LogP contribution in [0.25, 0.3) is 0 Å². The van der Waals surface area contributed by atoms with Crippen LogP contribution in [0.3, 0.4) is 0 Å². The van der Waals surface area contributed by atoms with Crippen LogP contribution in [-0.2, 0) is 13.2 Å². The van der Waals surface area contributed by atoms with Crippen LogP contribution in [0.2, 0.25) is 0 Å². The van der Waals surface area contributed by atoms with Gasteiger partial charge in [-0.3, -0.25) is 0 Å². The van der Waals surface area contributed by atoms with Crippen LogP contribution in [-0.4, -0.2) is 22.0 Å². The Kier molecular flexibility index (Phi) is 4.74. The smallest absolute Gasteiger partial charge is 0.308 e. The lowest BCUT2D eigenvalue weighted by molar-refractivity contribution is -0.137. The maximum atomic E-state index is 12.9. The van der Waals surface area contributed by atoms with Crippen LogP contribution in [0.1, 0.15) is 22.9 Å². The van der Waals surface area contributed by atoms with Gasteiger partial charge in [0.15, 0.2) is 4.60 Å². The molecule has 9 heteroatoms. The average Bonchev–Trinajstić information content (AvgIpc) is 2.72. The number of halogens is 5. The van der Waals surface area contributed by atoms with Crippen LogP contribution >= 0.6 is 31.9 Å². The van der Waals surface area contributed by atoms with E-state index >= 15 is 0 Å². The fourth-order valence-corrected chi connectivity index (χ4v) is 3.06. The zero-order valence-corrected chi connectivity index (χ0v) is 14.2. The molecule has 21 heavy (non-hydrogen) atoms. The van der Waals surface area contributed by atoms with Crippen molar-refractivity contribution in [1.82, 2.24) is 20.3 Å². The molecule has 1 aromatic carbocycles. The lowest BCUT2D eigenvalue weighted by Crippen LogP contribution is -2.22.